The van der Waals surface area contributed by atoms with E-state index in [1.54, 1.807) is 18.2 Å². The normalized spacial score (nSPS) is 14.2. The molecule has 1 saturated heterocycles. The number of primary amides is 1. The topological polar surface area (TPSA) is 116 Å². The molecule has 0 saturated carbocycles. The molecule has 7 nitrogen and oxygen atoms in total. The van der Waals surface area contributed by atoms with Gasteiger partial charge in [-0.3, -0.25) is 0 Å². The van der Waals surface area contributed by atoms with Gasteiger partial charge in [-0.25, -0.2) is 14.2 Å². The van der Waals surface area contributed by atoms with E-state index in [1.807, 2.05) is 4.90 Å². The van der Waals surface area contributed by atoms with Crippen LogP contribution in [0.4, 0.5) is 15.0 Å². The highest BCUT2D eigenvalue weighted by Crippen LogP contribution is 2.33. The number of anilines is 1. The number of hydrogen-bond acceptors (Lipinski definition) is 6. The van der Waals surface area contributed by atoms with E-state index in [2.05, 4.69) is 27.0 Å². The molecule has 2 aromatic rings. The number of nitrogens with zero attached hydrogens (tertiary/aromatic N) is 4. The highest BCUT2D eigenvalue weighted by Gasteiger charge is 2.24. The third kappa shape index (κ3) is 4.05. The fourth-order valence-corrected chi connectivity index (χ4v) is 3.59. The largest absolute Gasteiger partial charge is 0.446 e. The lowest BCUT2D eigenvalue weighted by molar-refractivity contribution is 0.0912. The van der Waals surface area contributed by atoms with Crippen LogP contribution in [0.1, 0.15) is 24.0 Å². The highest BCUT2D eigenvalue weighted by atomic mass is 79.9. The van der Waals surface area contributed by atoms with E-state index in [0.717, 1.165) is 0 Å². The summed E-state index contributed by atoms with van der Waals surface area (Å²) in [5, 5.41) is 18.4. The lowest BCUT2D eigenvalue weighted by Crippen LogP contribution is -2.39. The number of carbonyl (C=O) groups is 1. The fourth-order valence-electron chi connectivity index (χ4n) is 3.07. The zero-order chi connectivity index (χ0) is 20.3. The smallest absolute Gasteiger partial charge is 0.404 e. The second kappa shape index (κ2) is 8.24. The van der Waals surface area contributed by atoms with Crippen molar-refractivity contribution in [2.75, 3.05) is 18.0 Å². The number of rotatable bonds is 3. The van der Waals surface area contributed by atoms with E-state index < -0.39 is 11.9 Å². The van der Waals surface area contributed by atoms with E-state index in [1.165, 1.54) is 12.1 Å². The molecule has 1 aliphatic rings. The monoisotopic (exact) mass is 443 g/mol. The van der Waals surface area contributed by atoms with Crippen molar-refractivity contribution >= 4 is 27.8 Å². The number of hydrogen-bond donors (Lipinski definition) is 1. The van der Waals surface area contributed by atoms with Gasteiger partial charge in [-0.05, 0) is 34.1 Å². The molecule has 0 radical (unpaired) electrons. The average molecular weight is 444 g/mol. The zero-order valence-electron chi connectivity index (χ0n) is 14.7. The Morgan fingerprint density at radius 2 is 1.93 bits per heavy atom. The fraction of sp³-hybridized carbons (Fsp3) is 0.263. The minimum Gasteiger partial charge on any atom is -0.446 e. The first-order chi connectivity index (χ1) is 13.4. The molecule has 2 heterocycles. The third-order valence-corrected chi connectivity index (χ3v) is 5.28. The number of halogens is 2. The van der Waals surface area contributed by atoms with Gasteiger partial charge in [0.1, 0.15) is 29.9 Å². The molecular formula is C19H15BrFN5O2. The second-order valence-corrected chi connectivity index (χ2v) is 7.03. The van der Waals surface area contributed by atoms with Gasteiger partial charge in [-0.2, -0.15) is 10.5 Å². The Morgan fingerprint density at radius 1 is 1.25 bits per heavy atom. The van der Waals surface area contributed by atoms with E-state index in [0.29, 0.717) is 53.0 Å². The lowest BCUT2D eigenvalue weighted by Gasteiger charge is -2.32. The van der Waals surface area contributed by atoms with Gasteiger partial charge < -0.3 is 15.4 Å². The summed E-state index contributed by atoms with van der Waals surface area (Å²) in [5.74, 6) is -0.0842. The number of amides is 1. The number of carbonyl (C=O) groups excluding carboxylic acids is 1. The first-order valence-corrected chi connectivity index (χ1v) is 9.24. The summed E-state index contributed by atoms with van der Waals surface area (Å²) in [7, 11) is 0. The molecule has 0 unspecified atom stereocenters. The average Bonchev–Trinajstić information content (AvgIpc) is 2.68. The molecule has 3 rings (SSSR count). The summed E-state index contributed by atoms with van der Waals surface area (Å²) in [6, 6.07) is 9.74. The number of nitrogens with two attached hydrogens (primary N) is 1. The van der Waals surface area contributed by atoms with Gasteiger partial charge in [0.15, 0.2) is 0 Å². The Kier molecular flexibility index (Phi) is 5.76. The highest BCUT2D eigenvalue weighted by molar-refractivity contribution is 9.10. The number of nitriles is 2. The summed E-state index contributed by atoms with van der Waals surface area (Å²) in [4.78, 5) is 17.5. The number of aromatic nitrogens is 1. The van der Waals surface area contributed by atoms with Crippen molar-refractivity contribution in [3.8, 4) is 23.4 Å². The van der Waals surface area contributed by atoms with Crippen LogP contribution in [0.5, 0.6) is 0 Å². The lowest BCUT2D eigenvalue weighted by atomic mass is 10.1. The zero-order valence-corrected chi connectivity index (χ0v) is 16.2. The maximum absolute atomic E-state index is 14.1. The molecule has 2 N–H and O–H groups in total. The standard InChI is InChI=1S/C19H15BrFN5O2/c20-17-13(10-23)8-16(26-5-3-14(4-6-26)28-19(24)27)25-18(17)11-1-2-12(9-22)15(21)7-11/h1-2,7-8,14H,3-6H2,(H2,24,27). The Hall–Kier alpha value is -3.17. The van der Waals surface area contributed by atoms with Crippen molar-refractivity contribution in [3.63, 3.8) is 0 Å². The predicted molar refractivity (Wildman–Crippen MR) is 103 cm³/mol. The van der Waals surface area contributed by atoms with Crippen molar-refractivity contribution in [2.45, 2.75) is 18.9 Å². The third-order valence-electron chi connectivity index (χ3n) is 4.48. The first kappa shape index (κ1) is 19.6. The Bertz CT molecular complexity index is 1010. The molecule has 1 fully saturated rings. The molecule has 1 aliphatic heterocycles. The van der Waals surface area contributed by atoms with Crippen LogP contribution >= 0.6 is 15.9 Å². The number of benzene rings is 1. The van der Waals surface area contributed by atoms with E-state index in [9.17, 15) is 14.4 Å². The summed E-state index contributed by atoms with van der Waals surface area (Å²) in [6.45, 7) is 1.14. The molecule has 0 aliphatic carbocycles. The Morgan fingerprint density at radius 3 is 2.50 bits per heavy atom. The number of pyridine rings is 1. The molecule has 0 atom stereocenters. The first-order valence-electron chi connectivity index (χ1n) is 8.44. The number of piperidine rings is 1. The van der Waals surface area contributed by atoms with Crippen LogP contribution < -0.4 is 10.6 Å². The maximum Gasteiger partial charge on any atom is 0.404 e. The van der Waals surface area contributed by atoms with Crippen LogP contribution in [-0.4, -0.2) is 30.3 Å². The van der Waals surface area contributed by atoms with Crippen molar-refractivity contribution in [1.82, 2.24) is 4.98 Å². The SMILES string of the molecule is N#Cc1ccc(-c2nc(N3CCC(OC(N)=O)CC3)cc(C#N)c2Br)cc1F. The molecule has 1 aromatic heterocycles. The van der Waals surface area contributed by atoms with E-state index >= 15 is 0 Å². The van der Waals surface area contributed by atoms with E-state index in [-0.39, 0.29) is 11.7 Å². The second-order valence-electron chi connectivity index (χ2n) is 6.23. The van der Waals surface area contributed by atoms with Gasteiger partial charge in [0, 0.05) is 31.5 Å². The van der Waals surface area contributed by atoms with Crippen LogP contribution in [0.2, 0.25) is 0 Å². The molecule has 9 heteroatoms. The van der Waals surface area contributed by atoms with Gasteiger partial charge >= 0.3 is 6.09 Å². The van der Waals surface area contributed by atoms with Crippen LogP contribution in [-0.2, 0) is 4.74 Å². The minimum absolute atomic E-state index is 0.0620. The van der Waals surface area contributed by atoms with Crippen molar-refractivity contribution in [3.05, 3.63) is 45.7 Å². The van der Waals surface area contributed by atoms with Crippen LogP contribution in [0, 0.1) is 28.5 Å². The Labute approximate surface area is 169 Å². The molecule has 28 heavy (non-hydrogen) atoms. The maximum atomic E-state index is 14.1. The molecule has 1 aromatic carbocycles. The van der Waals surface area contributed by atoms with Gasteiger partial charge in [0.2, 0.25) is 0 Å². The summed E-state index contributed by atoms with van der Waals surface area (Å²) in [6.07, 6.45) is 0.135. The van der Waals surface area contributed by atoms with Gasteiger partial charge in [-0.1, -0.05) is 6.07 Å². The summed E-state index contributed by atoms with van der Waals surface area (Å²) < 4.78 is 19.5. The molecule has 142 valence electrons. The quantitative estimate of drug-likeness (QED) is 0.775. The molecule has 0 spiro atoms. The van der Waals surface area contributed by atoms with Gasteiger partial charge in [0.25, 0.3) is 0 Å². The predicted octanol–water partition coefficient (Wildman–Crippen LogP) is 3.46. The number of ether oxygens (including phenoxy) is 1. The molecule has 1 amide bonds. The van der Waals surface area contributed by atoms with Crippen LogP contribution in [0.15, 0.2) is 28.7 Å². The Balaban J connectivity index is 1.94. The van der Waals surface area contributed by atoms with Crippen molar-refractivity contribution < 1.29 is 13.9 Å². The van der Waals surface area contributed by atoms with Crippen molar-refractivity contribution in [2.24, 2.45) is 5.73 Å². The van der Waals surface area contributed by atoms with Crippen LogP contribution in [0.3, 0.4) is 0 Å². The minimum atomic E-state index is -0.794. The molecular weight excluding hydrogens is 429 g/mol. The molecule has 0 bridgehead atoms. The van der Waals surface area contributed by atoms with Gasteiger partial charge in [0.05, 0.1) is 21.3 Å². The van der Waals surface area contributed by atoms with Gasteiger partial charge in [-0.15, -0.1) is 0 Å². The summed E-state index contributed by atoms with van der Waals surface area (Å²) >= 11 is 3.37. The van der Waals surface area contributed by atoms with Crippen LogP contribution in [0.25, 0.3) is 11.3 Å². The van der Waals surface area contributed by atoms with E-state index in [4.69, 9.17) is 15.7 Å². The van der Waals surface area contributed by atoms with Crippen molar-refractivity contribution in [1.29, 1.82) is 10.5 Å². The summed E-state index contributed by atoms with van der Waals surface area (Å²) in [5.41, 5.74) is 6.22.